The smallest absolute Gasteiger partial charge is 0.0766 e. The molecule has 1 N–H and O–H groups in total. The second-order valence-corrected chi connectivity index (χ2v) is 6.15. The first-order chi connectivity index (χ1) is 8.63. The quantitative estimate of drug-likeness (QED) is 0.741. The maximum Gasteiger partial charge on any atom is 0.0766 e. The predicted octanol–water partition coefficient (Wildman–Crippen LogP) is 3.27. The molecule has 5 heteroatoms. The maximum atomic E-state index is 10.1. The molecule has 0 bridgehead atoms. The number of halogens is 1. The summed E-state index contributed by atoms with van der Waals surface area (Å²) in [5.74, 6) is 1.12. The van der Waals surface area contributed by atoms with Crippen LogP contribution in [0.25, 0.3) is 0 Å². The van der Waals surface area contributed by atoms with Crippen LogP contribution in [0.4, 0.5) is 0 Å². The van der Waals surface area contributed by atoms with Gasteiger partial charge in [0.15, 0.2) is 0 Å². The van der Waals surface area contributed by atoms with Crippen molar-refractivity contribution in [3.63, 3.8) is 0 Å². The second kappa shape index (κ2) is 8.23. The highest BCUT2D eigenvalue weighted by molar-refractivity contribution is 9.10. The van der Waals surface area contributed by atoms with Gasteiger partial charge in [-0.25, -0.2) is 0 Å². The number of aromatic nitrogens is 2. The lowest BCUT2D eigenvalue weighted by atomic mass is 10.1. The Hall–Kier alpha value is -0.000000000000000111. The first-order valence-electron chi connectivity index (χ1n) is 6.55. The van der Waals surface area contributed by atoms with Crippen molar-refractivity contribution in [2.45, 2.75) is 52.2 Å². The molecular formula is C13H23BrN2OS. The van der Waals surface area contributed by atoms with Gasteiger partial charge in [0.2, 0.25) is 0 Å². The molecule has 1 heterocycles. The Bertz CT molecular complexity index is 368. The van der Waals surface area contributed by atoms with Crippen LogP contribution in [-0.4, -0.2) is 33.0 Å². The van der Waals surface area contributed by atoms with Gasteiger partial charge in [-0.3, -0.25) is 4.68 Å². The van der Waals surface area contributed by atoms with Crippen LogP contribution in [0, 0.1) is 0 Å². The van der Waals surface area contributed by atoms with E-state index in [0.717, 1.165) is 47.4 Å². The lowest BCUT2D eigenvalue weighted by Crippen LogP contribution is -2.15. The van der Waals surface area contributed by atoms with E-state index in [1.807, 2.05) is 16.4 Å². The van der Waals surface area contributed by atoms with Gasteiger partial charge in [0, 0.05) is 13.0 Å². The molecule has 1 aromatic rings. The molecule has 0 saturated carbocycles. The fourth-order valence-electron chi connectivity index (χ4n) is 2.00. The van der Waals surface area contributed by atoms with Gasteiger partial charge in [-0.1, -0.05) is 6.92 Å². The standard InChI is InChI=1S/C13H23BrN2OS/c1-4-11-13(14)12(16(5-2)15-11)9-10(17)7-6-8-18-3/h10,17H,4-9H2,1-3H3. The Labute approximate surface area is 122 Å². The van der Waals surface area contributed by atoms with Crippen molar-refractivity contribution in [1.29, 1.82) is 0 Å². The van der Waals surface area contributed by atoms with Crippen LogP contribution < -0.4 is 0 Å². The van der Waals surface area contributed by atoms with Crippen LogP contribution in [0.3, 0.4) is 0 Å². The number of aliphatic hydroxyl groups is 1. The molecule has 104 valence electrons. The van der Waals surface area contributed by atoms with Crippen LogP contribution >= 0.6 is 27.7 Å². The van der Waals surface area contributed by atoms with Gasteiger partial charge < -0.3 is 5.11 Å². The van der Waals surface area contributed by atoms with Crippen molar-refractivity contribution in [3.05, 3.63) is 15.9 Å². The molecule has 18 heavy (non-hydrogen) atoms. The number of thioether (sulfide) groups is 1. The lowest BCUT2D eigenvalue weighted by Gasteiger charge is -2.11. The van der Waals surface area contributed by atoms with E-state index in [0.29, 0.717) is 6.42 Å². The normalized spacial score (nSPS) is 12.9. The number of aliphatic hydroxyl groups excluding tert-OH is 1. The molecule has 0 saturated heterocycles. The number of nitrogens with zero attached hydrogens (tertiary/aromatic N) is 2. The molecule has 3 nitrogen and oxygen atoms in total. The Morgan fingerprint density at radius 3 is 2.72 bits per heavy atom. The summed E-state index contributed by atoms with van der Waals surface area (Å²) in [6.45, 7) is 5.04. The Morgan fingerprint density at radius 2 is 2.17 bits per heavy atom. The average Bonchev–Trinajstić information content (AvgIpc) is 2.66. The fourth-order valence-corrected chi connectivity index (χ4v) is 3.18. The predicted molar refractivity (Wildman–Crippen MR) is 82.3 cm³/mol. The summed E-state index contributed by atoms with van der Waals surface area (Å²) in [5.41, 5.74) is 2.22. The van der Waals surface area contributed by atoms with Crippen molar-refractivity contribution in [1.82, 2.24) is 9.78 Å². The van der Waals surface area contributed by atoms with E-state index in [1.165, 1.54) is 0 Å². The SMILES string of the molecule is CCc1nn(CC)c(CC(O)CCCSC)c1Br. The maximum absolute atomic E-state index is 10.1. The first-order valence-corrected chi connectivity index (χ1v) is 8.73. The van der Waals surface area contributed by atoms with Crippen molar-refractivity contribution in [2.75, 3.05) is 12.0 Å². The zero-order valence-corrected chi connectivity index (χ0v) is 13.9. The van der Waals surface area contributed by atoms with Crippen LogP contribution in [0.2, 0.25) is 0 Å². The minimum absolute atomic E-state index is 0.264. The molecule has 1 unspecified atom stereocenters. The molecule has 0 spiro atoms. The summed E-state index contributed by atoms with van der Waals surface area (Å²) >= 11 is 5.45. The van der Waals surface area contributed by atoms with Gasteiger partial charge in [-0.05, 0) is 54.1 Å². The molecule has 0 aliphatic rings. The minimum Gasteiger partial charge on any atom is -0.393 e. The van der Waals surface area contributed by atoms with E-state index in [1.54, 1.807) is 0 Å². The van der Waals surface area contributed by atoms with E-state index in [2.05, 4.69) is 41.1 Å². The highest BCUT2D eigenvalue weighted by Gasteiger charge is 2.16. The summed E-state index contributed by atoms with van der Waals surface area (Å²) in [7, 11) is 0. The number of hydrogen-bond donors (Lipinski definition) is 1. The van der Waals surface area contributed by atoms with Gasteiger partial charge in [0.1, 0.15) is 0 Å². The summed E-state index contributed by atoms with van der Waals surface area (Å²) in [5, 5.41) is 14.6. The van der Waals surface area contributed by atoms with Crippen LogP contribution in [0.1, 0.15) is 38.1 Å². The molecule has 1 aromatic heterocycles. The topological polar surface area (TPSA) is 38.0 Å². The van der Waals surface area contributed by atoms with Gasteiger partial charge in [-0.2, -0.15) is 16.9 Å². The van der Waals surface area contributed by atoms with Gasteiger partial charge in [0.25, 0.3) is 0 Å². The Morgan fingerprint density at radius 1 is 1.44 bits per heavy atom. The zero-order chi connectivity index (χ0) is 13.5. The van der Waals surface area contributed by atoms with Gasteiger partial charge in [-0.15, -0.1) is 0 Å². The summed E-state index contributed by atoms with van der Waals surface area (Å²) in [6, 6.07) is 0. The molecule has 0 amide bonds. The van der Waals surface area contributed by atoms with Gasteiger partial charge >= 0.3 is 0 Å². The third-order valence-electron chi connectivity index (χ3n) is 3.01. The third kappa shape index (κ3) is 4.28. The van der Waals surface area contributed by atoms with E-state index < -0.39 is 0 Å². The Balaban J connectivity index is 2.67. The summed E-state index contributed by atoms with van der Waals surface area (Å²) < 4.78 is 3.08. The van der Waals surface area contributed by atoms with Crippen LogP contribution in [0.5, 0.6) is 0 Å². The first kappa shape index (κ1) is 16.1. The van der Waals surface area contributed by atoms with Crippen LogP contribution in [-0.2, 0) is 19.4 Å². The van der Waals surface area contributed by atoms with E-state index in [9.17, 15) is 5.11 Å². The molecule has 1 rings (SSSR count). The molecule has 0 aromatic carbocycles. The number of rotatable bonds is 8. The largest absolute Gasteiger partial charge is 0.393 e. The van der Waals surface area contributed by atoms with E-state index >= 15 is 0 Å². The minimum atomic E-state index is -0.264. The second-order valence-electron chi connectivity index (χ2n) is 4.37. The highest BCUT2D eigenvalue weighted by Crippen LogP contribution is 2.24. The van der Waals surface area contributed by atoms with Crippen molar-refractivity contribution in [2.24, 2.45) is 0 Å². The number of aryl methyl sites for hydroxylation is 2. The van der Waals surface area contributed by atoms with Crippen LogP contribution in [0.15, 0.2) is 4.47 Å². The molecule has 0 radical (unpaired) electrons. The molecular weight excluding hydrogens is 312 g/mol. The summed E-state index contributed by atoms with van der Waals surface area (Å²) in [4.78, 5) is 0. The molecule has 0 aliphatic heterocycles. The third-order valence-corrected chi connectivity index (χ3v) is 4.62. The molecule has 1 atom stereocenters. The molecule has 0 fully saturated rings. The van der Waals surface area contributed by atoms with Crippen molar-refractivity contribution in [3.8, 4) is 0 Å². The monoisotopic (exact) mass is 334 g/mol. The average molecular weight is 335 g/mol. The highest BCUT2D eigenvalue weighted by atomic mass is 79.9. The van der Waals surface area contributed by atoms with E-state index in [-0.39, 0.29) is 6.10 Å². The Kier molecular flexibility index (Phi) is 7.34. The summed E-state index contributed by atoms with van der Waals surface area (Å²) in [6.07, 6.45) is 5.38. The van der Waals surface area contributed by atoms with Crippen molar-refractivity contribution < 1.29 is 5.11 Å². The number of hydrogen-bond acceptors (Lipinski definition) is 3. The van der Waals surface area contributed by atoms with Crippen molar-refractivity contribution >= 4 is 27.7 Å². The zero-order valence-electron chi connectivity index (χ0n) is 11.4. The van der Waals surface area contributed by atoms with Gasteiger partial charge in [0.05, 0.1) is 22.0 Å². The fraction of sp³-hybridized carbons (Fsp3) is 0.769. The lowest BCUT2D eigenvalue weighted by molar-refractivity contribution is 0.161. The molecule has 0 aliphatic carbocycles. The van der Waals surface area contributed by atoms with E-state index in [4.69, 9.17) is 0 Å².